The standard InChI is InChI=1S/C25H26N2O4/c1-4-31-25(29)22-15(2)27-20-13-17(16-8-7-9-18(12-16)30-3)14-21(28)23(20)24(22)19-10-5-6-11-26-19/h5-12,17,22,24H,4,13-14H2,1-3H3/t17-,22?,24+/m1/s1. The third-order valence-corrected chi connectivity index (χ3v) is 6.00. The van der Waals surface area contributed by atoms with Gasteiger partial charge in [0, 0.05) is 35.3 Å². The molecule has 0 N–H and O–H groups in total. The smallest absolute Gasteiger partial charge is 0.315 e. The van der Waals surface area contributed by atoms with Crippen LogP contribution in [0.3, 0.4) is 0 Å². The Morgan fingerprint density at radius 1 is 1.16 bits per heavy atom. The van der Waals surface area contributed by atoms with Crippen molar-refractivity contribution < 1.29 is 19.1 Å². The summed E-state index contributed by atoms with van der Waals surface area (Å²) in [6, 6.07) is 13.4. The zero-order chi connectivity index (χ0) is 22.0. The molecule has 0 saturated heterocycles. The Labute approximate surface area is 182 Å². The first-order valence-electron chi connectivity index (χ1n) is 10.6. The second kappa shape index (κ2) is 8.84. The lowest BCUT2D eigenvalue weighted by Crippen LogP contribution is -2.38. The monoisotopic (exact) mass is 418 g/mol. The van der Waals surface area contributed by atoms with Gasteiger partial charge in [-0.05, 0) is 56.0 Å². The molecule has 160 valence electrons. The third-order valence-electron chi connectivity index (χ3n) is 6.00. The Hall–Kier alpha value is -3.28. The quantitative estimate of drug-likeness (QED) is 0.679. The van der Waals surface area contributed by atoms with Gasteiger partial charge in [0.05, 0.1) is 19.6 Å². The molecule has 0 bridgehead atoms. The van der Waals surface area contributed by atoms with E-state index in [0.29, 0.717) is 29.8 Å². The molecule has 2 heterocycles. The van der Waals surface area contributed by atoms with Crippen molar-refractivity contribution in [1.82, 2.24) is 4.98 Å². The summed E-state index contributed by atoms with van der Waals surface area (Å²) in [5.74, 6) is -0.704. The lowest BCUT2D eigenvalue weighted by molar-refractivity contribution is -0.146. The second-order valence-electron chi connectivity index (χ2n) is 7.88. The van der Waals surface area contributed by atoms with E-state index < -0.39 is 11.8 Å². The number of esters is 1. The predicted octanol–water partition coefficient (Wildman–Crippen LogP) is 4.23. The summed E-state index contributed by atoms with van der Waals surface area (Å²) in [5.41, 5.74) is 3.75. The minimum atomic E-state index is -0.647. The first-order valence-corrected chi connectivity index (χ1v) is 10.6. The number of methoxy groups -OCH3 is 1. The molecule has 0 radical (unpaired) electrons. The highest BCUT2D eigenvalue weighted by molar-refractivity contribution is 6.09. The van der Waals surface area contributed by atoms with Gasteiger partial charge in [-0.3, -0.25) is 19.6 Å². The van der Waals surface area contributed by atoms with Gasteiger partial charge in [-0.15, -0.1) is 0 Å². The van der Waals surface area contributed by atoms with Crippen molar-refractivity contribution in [2.75, 3.05) is 13.7 Å². The van der Waals surface area contributed by atoms with Crippen LogP contribution in [0.5, 0.6) is 5.75 Å². The van der Waals surface area contributed by atoms with E-state index in [9.17, 15) is 9.59 Å². The van der Waals surface area contributed by atoms with Crippen LogP contribution in [0.1, 0.15) is 49.8 Å². The summed E-state index contributed by atoms with van der Waals surface area (Å²) in [5, 5.41) is 0. The summed E-state index contributed by atoms with van der Waals surface area (Å²) >= 11 is 0. The number of carbonyl (C=O) groups is 2. The fourth-order valence-corrected chi connectivity index (χ4v) is 4.61. The van der Waals surface area contributed by atoms with Gasteiger partial charge < -0.3 is 9.47 Å². The molecule has 0 spiro atoms. The number of Topliss-reactive ketones (excluding diaryl/α,β-unsaturated/α-hetero) is 1. The number of aromatic nitrogens is 1. The summed E-state index contributed by atoms with van der Waals surface area (Å²) in [6.45, 7) is 3.88. The minimum Gasteiger partial charge on any atom is -0.497 e. The topological polar surface area (TPSA) is 77.8 Å². The Morgan fingerprint density at radius 2 is 2.00 bits per heavy atom. The molecule has 0 saturated carbocycles. The van der Waals surface area contributed by atoms with Gasteiger partial charge >= 0.3 is 5.97 Å². The molecule has 4 rings (SSSR count). The van der Waals surface area contributed by atoms with Crippen molar-refractivity contribution in [1.29, 1.82) is 0 Å². The van der Waals surface area contributed by atoms with Crippen LogP contribution < -0.4 is 4.74 Å². The summed E-state index contributed by atoms with van der Waals surface area (Å²) in [6.07, 6.45) is 2.68. The van der Waals surface area contributed by atoms with Gasteiger partial charge in [0.2, 0.25) is 0 Å². The predicted molar refractivity (Wildman–Crippen MR) is 117 cm³/mol. The number of aliphatic imine (C=N–C) groups is 1. The number of pyridine rings is 1. The maximum absolute atomic E-state index is 13.4. The summed E-state index contributed by atoms with van der Waals surface area (Å²) < 4.78 is 10.7. The highest BCUT2D eigenvalue weighted by atomic mass is 16.5. The SMILES string of the molecule is CCOC(=O)C1C(C)=NC2=C(C(=O)C[C@H](c3cccc(OC)c3)C2)[C@H]1c1ccccn1. The third kappa shape index (κ3) is 4.02. The van der Waals surface area contributed by atoms with E-state index in [-0.39, 0.29) is 24.3 Å². The van der Waals surface area contributed by atoms with Crippen LogP contribution in [0.25, 0.3) is 0 Å². The van der Waals surface area contributed by atoms with E-state index >= 15 is 0 Å². The zero-order valence-corrected chi connectivity index (χ0v) is 18.0. The molecule has 1 unspecified atom stereocenters. The van der Waals surface area contributed by atoms with Gasteiger partial charge in [0.1, 0.15) is 11.7 Å². The lowest BCUT2D eigenvalue weighted by atomic mass is 9.70. The number of hydrogen-bond acceptors (Lipinski definition) is 6. The molecule has 2 aromatic rings. The maximum Gasteiger partial charge on any atom is 0.315 e. The van der Waals surface area contributed by atoms with Crippen molar-refractivity contribution in [3.05, 3.63) is 71.2 Å². The molecule has 1 aliphatic heterocycles. The van der Waals surface area contributed by atoms with E-state index in [1.54, 1.807) is 20.2 Å². The zero-order valence-electron chi connectivity index (χ0n) is 18.0. The fourth-order valence-electron chi connectivity index (χ4n) is 4.61. The first kappa shape index (κ1) is 21.0. The molecule has 3 atom stereocenters. The summed E-state index contributed by atoms with van der Waals surface area (Å²) in [7, 11) is 1.63. The van der Waals surface area contributed by atoms with E-state index in [4.69, 9.17) is 14.5 Å². The highest BCUT2D eigenvalue weighted by Gasteiger charge is 2.45. The molecule has 2 aliphatic rings. The van der Waals surface area contributed by atoms with Crippen LogP contribution in [0, 0.1) is 5.92 Å². The van der Waals surface area contributed by atoms with Crippen molar-refractivity contribution in [3.63, 3.8) is 0 Å². The molecular formula is C25H26N2O4. The van der Waals surface area contributed by atoms with Gasteiger partial charge in [0.15, 0.2) is 5.78 Å². The van der Waals surface area contributed by atoms with Crippen LogP contribution in [-0.4, -0.2) is 36.2 Å². The average molecular weight is 418 g/mol. The van der Waals surface area contributed by atoms with Crippen LogP contribution >= 0.6 is 0 Å². The molecule has 1 aliphatic carbocycles. The number of allylic oxidation sites excluding steroid dienone is 2. The normalized spacial score (nSPS) is 23.1. The number of ketones is 1. The Balaban J connectivity index is 1.77. The van der Waals surface area contributed by atoms with E-state index in [0.717, 1.165) is 17.0 Å². The molecule has 0 fully saturated rings. The number of nitrogens with zero attached hydrogens (tertiary/aromatic N) is 2. The van der Waals surface area contributed by atoms with E-state index in [1.807, 2.05) is 49.4 Å². The van der Waals surface area contributed by atoms with Crippen molar-refractivity contribution in [2.45, 2.75) is 38.5 Å². The van der Waals surface area contributed by atoms with E-state index in [1.165, 1.54) is 0 Å². The number of ether oxygens (including phenoxy) is 2. The average Bonchev–Trinajstić information content (AvgIpc) is 2.78. The van der Waals surface area contributed by atoms with Gasteiger partial charge in [-0.2, -0.15) is 0 Å². The van der Waals surface area contributed by atoms with Gasteiger partial charge in [-0.1, -0.05) is 18.2 Å². The number of rotatable bonds is 5. The molecule has 6 nitrogen and oxygen atoms in total. The van der Waals surface area contributed by atoms with Crippen LogP contribution in [0.4, 0.5) is 0 Å². The minimum absolute atomic E-state index is 0.00951. The maximum atomic E-state index is 13.4. The molecule has 1 aromatic heterocycles. The van der Waals surface area contributed by atoms with Gasteiger partial charge in [0.25, 0.3) is 0 Å². The Morgan fingerprint density at radius 3 is 2.71 bits per heavy atom. The molecule has 0 amide bonds. The van der Waals surface area contributed by atoms with Crippen LogP contribution in [-0.2, 0) is 14.3 Å². The van der Waals surface area contributed by atoms with Crippen molar-refractivity contribution in [2.24, 2.45) is 10.9 Å². The Kier molecular flexibility index (Phi) is 5.98. The Bertz CT molecular complexity index is 1060. The van der Waals surface area contributed by atoms with E-state index in [2.05, 4.69) is 4.98 Å². The second-order valence-corrected chi connectivity index (χ2v) is 7.88. The molecule has 31 heavy (non-hydrogen) atoms. The van der Waals surface area contributed by atoms with Crippen molar-refractivity contribution in [3.8, 4) is 5.75 Å². The molecular weight excluding hydrogens is 392 g/mol. The van der Waals surface area contributed by atoms with Crippen LogP contribution in [0.2, 0.25) is 0 Å². The fraction of sp³-hybridized carbons (Fsp3) is 0.360. The lowest BCUT2D eigenvalue weighted by Gasteiger charge is -2.36. The van der Waals surface area contributed by atoms with Gasteiger partial charge in [-0.25, -0.2) is 0 Å². The number of hydrogen-bond donors (Lipinski definition) is 0. The largest absolute Gasteiger partial charge is 0.497 e. The number of benzene rings is 1. The molecule has 1 aromatic carbocycles. The highest BCUT2D eigenvalue weighted by Crippen LogP contribution is 2.46. The summed E-state index contributed by atoms with van der Waals surface area (Å²) in [4.78, 5) is 35.5. The van der Waals surface area contributed by atoms with Crippen molar-refractivity contribution >= 4 is 17.5 Å². The molecule has 6 heteroatoms. The first-order chi connectivity index (χ1) is 15.0. The number of carbonyl (C=O) groups excluding carboxylic acids is 2. The van der Waals surface area contributed by atoms with Crippen LogP contribution in [0.15, 0.2) is 64.9 Å².